The van der Waals surface area contributed by atoms with Gasteiger partial charge in [-0.2, -0.15) is 5.26 Å². The second kappa shape index (κ2) is 6.82. The van der Waals surface area contributed by atoms with E-state index in [1.807, 2.05) is 48.5 Å². The molecule has 130 valence electrons. The van der Waals surface area contributed by atoms with Crippen LogP contribution in [-0.4, -0.2) is 4.98 Å². The van der Waals surface area contributed by atoms with Gasteiger partial charge in [0.05, 0.1) is 4.47 Å². The third kappa shape index (κ3) is 3.05. The summed E-state index contributed by atoms with van der Waals surface area (Å²) in [5.41, 5.74) is 1.12. The molecule has 0 aliphatic rings. The van der Waals surface area contributed by atoms with Crippen molar-refractivity contribution >= 4 is 26.7 Å². The lowest BCUT2D eigenvalue weighted by Crippen LogP contribution is -2.13. The highest BCUT2D eigenvalue weighted by Crippen LogP contribution is 2.32. The maximum atomic E-state index is 14.6. The Morgan fingerprint density at radius 1 is 0.926 bits per heavy atom. The zero-order chi connectivity index (χ0) is 19.0. The van der Waals surface area contributed by atoms with Crippen LogP contribution in [0.25, 0.3) is 33.2 Å². The van der Waals surface area contributed by atoms with Crippen molar-refractivity contribution in [2.45, 2.75) is 0 Å². The van der Waals surface area contributed by atoms with Crippen molar-refractivity contribution in [1.29, 1.82) is 5.26 Å². The van der Waals surface area contributed by atoms with Crippen LogP contribution >= 0.6 is 15.9 Å². The van der Waals surface area contributed by atoms with Crippen LogP contribution in [0.5, 0.6) is 0 Å². The first kappa shape index (κ1) is 17.2. The van der Waals surface area contributed by atoms with Crippen LogP contribution in [0.2, 0.25) is 0 Å². The first-order valence-corrected chi connectivity index (χ1v) is 8.99. The van der Waals surface area contributed by atoms with E-state index >= 15 is 0 Å². The minimum absolute atomic E-state index is 0.114. The molecule has 0 amide bonds. The van der Waals surface area contributed by atoms with Gasteiger partial charge >= 0.3 is 0 Å². The molecule has 4 rings (SSSR count). The molecule has 0 radical (unpaired) electrons. The number of aromatic amines is 1. The molecule has 4 aromatic rings. The number of benzene rings is 3. The Bertz CT molecular complexity index is 1290. The molecule has 0 aliphatic carbocycles. The number of hydrogen-bond donors (Lipinski definition) is 1. The van der Waals surface area contributed by atoms with Crippen LogP contribution in [0, 0.1) is 17.1 Å². The molecule has 0 fully saturated rings. The largest absolute Gasteiger partial charge is 0.321 e. The van der Waals surface area contributed by atoms with E-state index in [0.717, 1.165) is 16.3 Å². The molecule has 0 bridgehead atoms. The van der Waals surface area contributed by atoms with Gasteiger partial charge in [0.1, 0.15) is 17.4 Å². The lowest BCUT2D eigenvalue weighted by molar-refractivity contribution is 0.624. The second-order valence-corrected chi connectivity index (χ2v) is 6.93. The molecule has 0 saturated heterocycles. The summed E-state index contributed by atoms with van der Waals surface area (Å²) < 4.78 is 14.9. The third-order valence-electron chi connectivity index (χ3n) is 4.45. The standard InChI is InChI=1S/C22H12BrFN2O/c23-19-7-3-6-16(21(19)24)17-11-20(26-22(27)18(17)12-25)15-9-8-13-4-1-2-5-14(13)10-15/h1-11H,(H,26,27). The number of aromatic nitrogens is 1. The number of halogens is 2. The third-order valence-corrected chi connectivity index (χ3v) is 5.06. The van der Waals surface area contributed by atoms with Crippen LogP contribution in [0.15, 0.2) is 76.0 Å². The number of nitrogens with one attached hydrogen (secondary N) is 1. The molecular weight excluding hydrogens is 407 g/mol. The smallest absolute Gasteiger partial charge is 0.266 e. The summed E-state index contributed by atoms with van der Waals surface area (Å²) >= 11 is 3.16. The summed E-state index contributed by atoms with van der Waals surface area (Å²) in [7, 11) is 0. The average Bonchev–Trinajstić information content (AvgIpc) is 2.69. The van der Waals surface area contributed by atoms with E-state index in [1.54, 1.807) is 24.3 Å². The minimum atomic E-state index is -0.544. The molecule has 0 saturated carbocycles. The predicted molar refractivity (Wildman–Crippen MR) is 108 cm³/mol. The Hall–Kier alpha value is -3.23. The van der Waals surface area contributed by atoms with Gasteiger partial charge in [0.15, 0.2) is 0 Å². The fraction of sp³-hybridized carbons (Fsp3) is 0. The van der Waals surface area contributed by atoms with Gasteiger partial charge < -0.3 is 4.98 Å². The second-order valence-electron chi connectivity index (χ2n) is 6.08. The number of hydrogen-bond acceptors (Lipinski definition) is 2. The summed E-state index contributed by atoms with van der Waals surface area (Å²) in [5, 5.41) is 11.5. The molecule has 0 unspecified atom stereocenters. The zero-order valence-electron chi connectivity index (χ0n) is 14.0. The van der Waals surface area contributed by atoms with Crippen molar-refractivity contribution in [1.82, 2.24) is 4.98 Å². The van der Waals surface area contributed by atoms with E-state index in [0.29, 0.717) is 5.69 Å². The molecule has 3 aromatic carbocycles. The summed E-state index contributed by atoms with van der Waals surface area (Å²) in [6.07, 6.45) is 0. The van der Waals surface area contributed by atoms with Crippen LogP contribution in [-0.2, 0) is 0 Å². The Morgan fingerprint density at radius 2 is 1.70 bits per heavy atom. The van der Waals surface area contributed by atoms with Gasteiger partial charge in [0.25, 0.3) is 5.56 Å². The summed E-state index contributed by atoms with van der Waals surface area (Å²) in [5.74, 6) is -0.510. The first-order valence-electron chi connectivity index (χ1n) is 8.19. The molecule has 3 nitrogen and oxygen atoms in total. The van der Waals surface area contributed by atoms with Gasteiger partial charge in [-0.3, -0.25) is 4.79 Å². The molecule has 0 spiro atoms. The molecular formula is C22H12BrFN2O. The Morgan fingerprint density at radius 3 is 2.48 bits per heavy atom. The van der Waals surface area contributed by atoms with Gasteiger partial charge in [-0.15, -0.1) is 0 Å². The van der Waals surface area contributed by atoms with Crippen LogP contribution in [0.1, 0.15) is 5.56 Å². The highest BCUT2D eigenvalue weighted by molar-refractivity contribution is 9.10. The van der Waals surface area contributed by atoms with Crippen LogP contribution < -0.4 is 5.56 Å². The van der Waals surface area contributed by atoms with Crippen LogP contribution in [0.4, 0.5) is 4.39 Å². The summed E-state index contributed by atoms with van der Waals surface area (Å²) in [6.45, 7) is 0. The molecule has 0 atom stereocenters. The number of nitriles is 1. The Balaban J connectivity index is 1.98. The minimum Gasteiger partial charge on any atom is -0.321 e. The Kier molecular flexibility index (Phi) is 4.35. The molecule has 0 aliphatic heterocycles. The highest BCUT2D eigenvalue weighted by atomic mass is 79.9. The maximum Gasteiger partial charge on any atom is 0.266 e. The van der Waals surface area contributed by atoms with E-state index in [4.69, 9.17) is 0 Å². The van der Waals surface area contributed by atoms with Gasteiger partial charge in [0.2, 0.25) is 0 Å². The highest BCUT2D eigenvalue weighted by Gasteiger charge is 2.17. The maximum absolute atomic E-state index is 14.6. The van der Waals surface area contributed by atoms with Gasteiger partial charge in [-0.1, -0.05) is 48.5 Å². The van der Waals surface area contributed by atoms with Gasteiger partial charge in [-0.25, -0.2) is 4.39 Å². The summed E-state index contributed by atoms with van der Waals surface area (Å²) in [4.78, 5) is 15.2. The number of pyridine rings is 1. The normalized spacial score (nSPS) is 10.7. The molecule has 27 heavy (non-hydrogen) atoms. The van der Waals surface area contributed by atoms with Crippen molar-refractivity contribution in [3.05, 3.63) is 92.9 Å². The number of H-pyrrole nitrogens is 1. The van der Waals surface area contributed by atoms with Crippen molar-refractivity contribution in [2.75, 3.05) is 0 Å². The molecule has 5 heteroatoms. The summed E-state index contributed by atoms with van der Waals surface area (Å²) in [6, 6.07) is 22.0. The molecule has 1 heterocycles. The van der Waals surface area contributed by atoms with E-state index in [2.05, 4.69) is 20.9 Å². The van der Waals surface area contributed by atoms with E-state index < -0.39 is 11.4 Å². The lowest BCUT2D eigenvalue weighted by Gasteiger charge is -2.10. The average molecular weight is 419 g/mol. The van der Waals surface area contributed by atoms with Crippen LogP contribution in [0.3, 0.4) is 0 Å². The van der Waals surface area contributed by atoms with E-state index in [-0.39, 0.29) is 21.2 Å². The predicted octanol–water partition coefficient (Wildman–Crippen LogP) is 5.64. The number of rotatable bonds is 2. The lowest BCUT2D eigenvalue weighted by atomic mass is 9.97. The fourth-order valence-electron chi connectivity index (χ4n) is 3.11. The first-order chi connectivity index (χ1) is 13.1. The van der Waals surface area contributed by atoms with Gasteiger partial charge in [-0.05, 0) is 50.5 Å². The number of nitrogens with zero attached hydrogens (tertiary/aromatic N) is 1. The van der Waals surface area contributed by atoms with Crippen molar-refractivity contribution in [3.8, 4) is 28.5 Å². The van der Waals surface area contributed by atoms with E-state index in [1.165, 1.54) is 0 Å². The van der Waals surface area contributed by atoms with Gasteiger partial charge in [0, 0.05) is 16.8 Å². The van der Waals surface area contributed by atoms with Crippen molar-refractivity contribution < 1.29 is 4.39 Å². The fourth-order valence-corrected chi connectivity index (χ4v) is 3.47. The number of fused-ring (bicyclic) bond motifs is 1. The van der Waals surface area contributed by atoms with Crippen molar-refractivity contribution in [2.24, 2.45) is 0 Å². The quantitative estimate of drug-likeness (QED) is 0.458. The zero-order valence-corrected chi connectivity index (χ0v) is 15.5. The monoisotopic (exact) mass is 418 g/mol. The van der Waals surface area contributed by atoms with Crippen molar-refractivity contribution in [3.63, 3.8) is 0 Å². The molecule has 1 aromatic heterocycles. The topological polar surface area (TPSA) is 56.6 Å². The SMILES string of the molecule is N#Cc1c(-c2cccc(Br)c2F)cc(-c2ccc3ccccc3c2)[nH]c1=O. The molecule has 1 N–H and O–H groups in total. The Labute approximate surface area is 162 Å². The van der Waals surface area contributed by atoms with E-state index in [9.17, 15) is 14.4 Å².